The van der Waals surface area contributed by atoms with Crippen molar-refractivity contribution in [2.45, 2.75) is 6.92 Å². The highest BCUT2D eigenvalue weighted by atomic mass is 79.9. The zero-order valence-corrected chi connectivity index (χ0v) is 9.24. The largest absolute Gasteiger partial charge is 0.166 e. The van der Waals surface area contributed by atoms with Gasteiger partial charge in [-0.25, -0.2) is 0 Å². The molecule has 0 heterocycles. The van der Waals surface area contributed by atoms with Crippen LogP contribution in [0.4, 0.5) is 0 Å². The molecular weight excluding hydrogens is 232 g/mol. The molecule has 0 aromatic heterocycles. The van der Waals surface area contributed by atoms with Crippen LogP contribution in [0.5, 0.6) is 0 Å². The molecule has 0 unspecified atom stereocenters. The van der Waals surface area contributed by atoms with E-state index in [1.54, 1.807) is 0 Å². The zero-order chi connectivity index (χ0) is 8.97. The fourth-order valence-corrected chi connectivity index (χ4v) is 1.30. The van der Waals surface area contributed by atoms with E-state index in [4.69, 9.17) is 0 Å². The predicted molar refractivity (Wildman–Crippen MR) is 59.6 cm³/mol. The Morgan fingerprint density at radius 2 is 2.25 bits per heavy atom. The van der Waals surface area contributed by atoms with Crippen molar-refractivity contribution >= 4 is 28.6 Å². The third-order valence-corrected chi connectivity index (χ3v) is 2.15. The van der Waals surface area contributed by atoms with E-state index < -0.39 is 0 Å². The molecule has 0 fully saturated rings. The normalized spacial score (nSPS) is 8.92. The lowest BCUT2D eigenvalue weighted by Gasteiger charge is -1.97. The highest BCUT2D eigenvalue weighted by molar-refractivity contribution is 9.10. The van der Waals surface area contributed by atoms with E-state index in [0.29, 0.717) is 5.75 Å². The van der Waals surface area contributed by atoms with Gasteiger partial charge in [0.1, 0.15) is 0 Å². The van der Waals surface area contributed by atoms with Crippen molar-refractivity contribution in [2.24, 2.45) is 0 Å². The van der Waals surface area contributed by atoms with Crippen LogP contribution < -0.4 is 0 Å². The van der Waals surface area contributed by atoms with Crippen LogP contribution in [0.1, 0.15) is 11.1 Å². The first-order valence-corrected chi connectivity index (χ1v) is 5.02. The number of hydrogen-bond donors (Lipinski definition) is 1. The first-order valence-electron chi connectivity index (χ1n) is 3.60. The Bertz CT molecular complexity index is 333. The molecule has 1 aromatic carbocycles. The summed E-state index contributed by atoms with van der Waals surface area (Å²) in [6.45, 7) is 2.05. The molecule has 1 aromatic rings. The van der Waals surface area contributed by atoms with Crippen molar-refractivity contribution in [1.82, 2.24) is 0 Å². The van der Waals surface area contributed by atoms with Crippen molar-refractivity contribution in [3.05, 3.63) is 33.8 Å². The van der Waals surface area contributed by atoms with Gasteiger partial charge in [0, 0.05) is 10.0 Å². The molecule has 0 saturated heterocycles. The van der Waals surface area contributed by atoms with Gasteiger partial charge in [0.15, 0.2) is 0 Å². The monoisotopic (exact) mass is 240 g/mol. The summed E-state index contributed by atoms with van der Waals surface area (Å²) < 4.78 is 1.07. The van der Waals surface area contributed by atoms with Gasteiger partial charge in [-0.2, -0.15) is 12.6 Å². The lowest BCUT2D eigenvalue weighted by Crippen LogP contribution is -1.81. The summed E-state index contributed by atoms with van der Waals surface area (Å²) in [7, 11) is 0. The van der Waals surface area contributed by atoms with E-state index in [1.807, 2.05) is 18.2 Å². The molecule has 0 amide bonds. The first-order chi connectivity index (χ1) is 5.74. The summed E-state index contributed by atoms with van der Waals surface area (Å²) in [4.78, 5) is 0. The lowest BCUT2D eigenvalue weighted by molar-refractivity contribution is 1.42. The summed E-state index contributed by atoms with van der Waals surface area (Å²) in [6.07, 6.45) is 0. The molecule has 62 valence electrons. The van der Waals surface area contributed by atoms with Crippen molar-refractivity contribution in [2.75, 3.05) is 5.75 Å². The molecule has 0 bridgehead atoms. The highest BCUT2D eigenvalue weighted by Gasteiger charge is 1.93. The van der Waals surface area contributed by atoms with E-state index in [2.05, 4.69) is 47.3 Å². The van der Waals surface area contributed by atoms with E-state index >= 15 is 0 Å². The highest BCUT2D eigenvalue weighted by Crippen LogP contribution is 2.14. The number of rotatable bonds is 0. The maximum absolute atomic E-state index is 4.03. The van der Waals surface area contributed by atoms with Crippen LogP contribution in [-0.4, -0.2) is 5.75 Å². The maximum atomic E-state index is 4.03. The Morgan fingerprint density at radius 1 is 1.50 bits per heavy atom. The van der Waals surface area contributed by atoms with Gasteiger partial charge in [-0.05, 0) is 24.6 Å². The minimum Gasteiger partial charge on any atom is -0.166 e. The van der Waals surface area contributed by atoms with E-state index in [-0.39, 0.29) is 0 Å². The van der Waals surface area contributed by atoms with Gasteiger partial charge in [-0.3, -0.25) is 0 Å². The fourth-order valence-electron chi connectivity index (χ4n) is 0.864. The van der Waals surface area contributed by atoms with E-state index in [9.17, 15) is 0 Å². The van der Waals surface area contributed by atoms with Crippen LogP contribution in [0, 0.1) is 18.8 Å². The number of halogens is 1. The lowest BCUT2D eigenvalue weighted by atomic mass is 10.1. The minimum absolute atomic E-state index is 0.603. The molecule has 0 N–H and O–H groups in total. The summed E-state index contributed by atoms with van der Waals surface area (Å²) in [5, 5.41) is 0. The average Bonchev–Trinajstić information content (AvgIpc) is 2.07. The van der Waals surface area contributed by atoms with Crippen molar-refractivity contribution < 1.29 is 0 Å². The minimum atomic E-state index is 0.603. The average molecular weight is 241 g/mol. The third kappa shape index (κ3) is 2.58. The van der Waals surface area contributed by atoms with Crippen LogP contribution >= 0.6 is 28.6 Å². The first kappa shape index (κ1) is 9.70. The summed E-state index contributed by atoms with van der Waals surface area (Å²) in [5.74, 6) is 6.58. The molecule has 0 saturated carbocycles. The third-order valence-electron chi connectivity index (χ3n) is 1.50. The van der Waals surface area contributed by atoms with Crippen LogP contribution in [0.15, 0.2) is 22.7 Å². The molecule has 0 nitrogen and oxygen atoms in total. The summed E-state index contributed by atoms with van der Waals surface area (Å²) in [5.41, 5.74) is 2.27. The Labute approximate surface area is 86.9 Å². The van der Waals surface area contributed by atoms with Gasteiger partial charge >= 0.3 is 0 Å². The molecule has 0 radical (unpaired) electrons. The molecule has 0 aliphatic rings. The summed E-state index contributed by atoms with van der Waals surface area (Å²) >= 11 is 7.43. The predicted octanol–water partition coefficient (Wildman–Crippen LogP) is 3.04. The van der Waals surface area contributed by atoms with Crippen LogP contribution in [0.3, 0.4) is 0 Å². The molecule has 12 heavy (non-hydrogen) atoms. The molecule has 0 spiro atoms. The Morgan fingerprint density at radius 3 is 2.92 bits per heavy atom. The summed E-state index contributed by atoms with van der Waals surface area (Å²) in [6, 6.07) is 6.08. The molecule has 0 aliphatic carbocycles. The number of aryl methyl sites for hydroxylation is 1. The van der Waals surface area contributed by atoms with Crippen LogP contribution in [0.2, 0.25) is 0 Å². The standard InChI is InChI=1S/C10H9BrS/c1-8-4-5-10(11)7-9(8)3-2-6-12/h4-5,7,12H,6H2,1H3. The Hall–Kier alpha value is -0.390. The second-order valence-corrected chi connectivity index (χ2v) is 3.65. The van der Waals surface area contributed by atoms with Gasteiger partial charge in [-0.15, -0.1) is 0 Å². The quantitative estimate of drug-likeness (QED) is 0.523. The van der Waals surface area contributed by atoms with E-state index in [0.717, 1.165) is 10.0 Å². The van der Waals surface area contributed by atoms with Gasteiger partial charge in [0.25, 0.3) is 0 Å². The van der Waals surface area contributed by atoms with Crippen molar-refractivity contribution in [3.8, 4) is 11.8 Å². The number of hydrogen-bond acceptors (Lipinski definition) is 1. The second kappa shape index (κ2) is 4.59. The van der Waals surface area contributed by atoms with Crippen molar-refractivity contribution in [1.29, 1.82) is 0 Å². The molecular formula is C10H9BrS. The smallest absolute Gasteiger partial charge is 0.0521 e. The molecule has 0 aliphatic heterocycles. The molecule has 0 atom stereocenters. The maximum Gasteiger partial charge on any atom is 0.0521 e. The van der Waals surface area contributed by atoms with E-state index in [1.165, 1.54) is 5.56 Å². The van der Waals surface area contributed by atoms with Gasteiger partial charge in [-0.1, -0.05) is 33.8 Å². The van der Waals surface area contributed by atoms with Gasteiger partial charge < -0.3 is 0 Å². The zero-order valence-electron chi connectivity index (χ0n) is 6.76. The molecule has 2 heteroatoms. The molecule has 1 rings (SSSR count). The topological polar surface area (TPSA) is 0 Å². The van der Waals surface area contributed by atoms with Crippen molar-refractivity contribution in [3.63, 3.8) is 0 Å². The van der Waals surface area contributed by atoms with Gasteiger partial charge in [0.05, 0.1) is 5.75 Å². The Balaban J connectivity index is 3.05. The number of benzene rings is 1. The number of thiol groups is 1. The van der Waals surface area contributed by atoms with Crippen LogP contribution in [-0.2, 0) is 0 Å². The second-order valence-electron chi connectivity index (χ2n) is 2.42. The van der Waals surface area contributed by atoms with Crippen LogP contribution in [0.25, 0.3) is 0 Å². The SMILES string of the molecule is Cc1ccc(Br)cc1C#CCS. The fraction of sp³-hybridized carbons (Fsp3) is 0.200. The Kier molecular flexibility index (Phi) is 3.71. The van der Waals surface area contributed by atoms with Gasteiger partial charge in [0.2, 0.25) is 0 Å².